The van der Waals surface area contributed by atoms with Gasteiger partial charge in [-0.05, 0) is 61.9 Å². The Balaban J connectivity index is 1.74. The second kappa shape index (κ2) is 6.80. The molecular weight excluding hydrogens is 383 g/mol. The second-order valence-corrected chi connectivity index (χ2v) is 6.68. The summed E-state index contributed by atoms with van der Waals surface area (Å²) in [5, 5.41) is 2.76. The zero-order valence-corrected chi connectivity index (χ0v) is 15.5. The number of imidazole rings is 1. The number of hydrogen-bond donors (Lipinski definition) is 1. The van der Waals surface area contributed by atoms with Crippen LogP contribution in [0.2, 0.25) is 0 Å². The van der Waals surface area contributed by atoms with E-state index in [1.807, 2.05) is 25.3 Å². The summed E-state index contributed by atoms with van der Waals surface area (Å²) in [5.74, 6) is 0.995. The van der Waals surface area contributed by atoms with Gasteiger partial charge in [0.2, 0.25) is 0 Å². The number of aryl methyl sites for hydroxylation is 2. The molecule has 1 aromatic carbocycles. The number of nitrogens with zero attached hydrogens (tertiary/aromatic N) is 2. The van der Waals surface area contributed by atoms with Gasteiger partial charge in [-0.25, -0.2) is 4.98 Å². The molecule has 3 heterocycles. The third-order valence-corrected chi connectivity index (χ3v) is 4.45. The largest absolute Gasteiger partial charge is 0.460 e. The summed E-state index contributed by atoms with van der Waals surface area (Å²) in [6.45, 7) is 3.70. The Bertz CT molecular complexity index is 1200. The highest BCUT2D eigenvalue weighted by molar-refractivity contribution is 6.05. The van der Waals surface area contributed by atoms with Crippen LogP contribution in [0.15, 0.2) is 59.1 Å². The van der Waals surface area contributed by atoms with E-state index in [4.69, 9.17) is 4.42 Å². The van der Waals surface area contributed by atoms with E-state index in [1.54, 1.807) is 23.5 Å². The van der Waals surface area contributed by atoms with Crippen LogP contribution in [0, 0.1) is 13.8 Å². The van der Waals surface area contributed by atoms with Gasteiger partial charge in [0.25, 0.3) is 5.91 Å². The Morgan fingerprint density at radius 1 is 1.03 bits per heavy atom. The summed E-state index contributed by atoms with van der Waals surface area (Å²) in [6, 6.07) is 11.3. The lowest BCUT2D eigenvalue weighted by Crippen LogP contribution is -2.14. The molecule has 0 spiro atoms. The minimum absolute atomic E-state index is 0.0992. The van der Waals surface area contributed by atoms with E-state index >= 15 is 0 Å². The van der Waals surface area contributed by atoms with Crippen molar-refractivity contribution in [1.29, 1.82) is 0 Å². The number of amides is 1. The average Bonchev–Trinajstić information content (AvgIpc) is 3.25. The van der Waals surface area contributed by atoms with Gasteiger partial charge in [-0.1, -0.05) is 6.07 Å². The maximum Gasteiger partial charge on any atom is 0.416 e. The quantitative estimate of drug-likeness (QED) is 0.496. The van der Waals surface area contributed by atoms with Crippen molar-refractivity contribution in [3.63, 3.8) is 0 Å². The van der Waals surface area contributed by atoms with Crippen molar-refractivity contribution < 1.29 is 22.4 Å². The van der Waals surface area contributed by atoms with Crippen molar-refractivity contribution in [2.75, 3.05) is 5.32 Å². The van der Waals surface area contributed by atoms with Gasteiger partial charge in [0.15, 0.2) is 5.76 Å². The summed E-state index contributed by atoms with van der Waals surface area (Å²) in [5.41, 5.74) is 1.27. The van der Waals surface area contributed by atoms with Crippen LogP contribution < -0.4 is 5.32 Å². The van der Waals surface area contributed by atoms with Crippen LogP contribution in [0.25, 0.3) is 17.1 Å². The molecule has 0 aliphatic rings. The van der Waals surface area contributed by atoms with Crippen molar-refractivity contribution in [2.24, 2.45) is 0 Å². The maximum atomic E-state index is 12.8. The molecule has 0 bridgehead atoms. The van der Waals surface area contributed by atoms with Gasteiger partial charge in [0, 0.05) is 11.8 Å². The SMILES string of the molecule is Cc1ccc2nc(-c3ccc(C)o3)c(NC(=O)c3ccc(C(F)(F)F)cc3)n2c1. The molecule has 29 heavy (non-hydrogen) atoms. The number of fused-ring (bicyclic) bond motifs is 1. The van der Waals surface area contributed by atoms with Crippen LogP contribution in [0.4, 0.5) is 19.0 Å². The zero-order chi connectivity index (χ0) is 20.8. The molecule has 5 nitrogen and oxygen atoms in total. The fourth-order valence-electron chi connectivity index (χ4n) is 2.99. The van der Waals surface area contributed by atoms with Crippen LogP contribution in [0.5, 0.6) is 0 Å². The lowest BCUT2D eigenvalue weighted by molar-refractivity contribution is -0.137. The number of furan rings is 1. The number of alkyl halides is 3. The summed E-state index contributed by atoms with van der Waals surface area (Å²) < 4.78 is 45.6. The van der Waals surface area contributed by atoms with Crippen molar-refractivity contribution in [3.8, 4) is 11.5 Å². The number of pyridine rings is 1. The highest BCUT2D eigenvalue weighted by atomic mass is 19.4. The first-order valence-corrected chi connectivity index (χ1v) is 8.76. The monoisotopic (exact) mass is 399 g/mol. The van der Waals surface area contributed by atoms with Crippen LogP contribution in [-0.4, -0.2) is 15.3 Å². The molecule has 0 saturated heterocycles. The standard InChI is InChI=1S/C21H16F3N3O2/c1-12-3-10-17-25-18(16-9-4-13(2)29-16)19(27(17)11-12)26-20(28)14-5-7-15(8-6-14)21(22,23)24/h3-11H,1-2H3,(H,26,28). The predicted octanol–water partition coefficient (Wildman–Crippen LogP) is 5.48. The van der Waals surface area contributed by atoms with E-state index in [-0.39, 0.29) is 5.56 Å². The molecule has 0 fully saturated rings. The van der Waals surface area contributed by atoms with E-state index in [0.717, 1.165) is 29.8 Å². The third kappa shape index (κ3) is 3.61. The minimum Gasteiger partial charge on any atom is -0.460 e. The van der Waals surface area contributed by atoms with Gasteiger partial charge < -0.3 is 9.73 Å². The summed E-state index contributed by atoms with van der Waals surface area (Å²) in [4.78, 5) is 17.3. The zero-order valence-electron chi connectivity index (χ0n) is 15.5. The Labute approximate surface area is 163 Å². The molecule has 4 rings (SSSR count). The Hall–Kier alpha value is -3.55. The molecule has 0 radical (unpaired) electrons. The number of benzene rings is 1. The molecule has 0 atom stereocenters. The Morgan fingerprint density at radius 3 is 2.38 bits per heavy atom. The van der Waals surface area contributed by atoms with E-state index in [0.29, 0.717) is 28.7 Å². The predicted molar refractivity (Wildman–Crippen MR) is 102 cm³/mol. The molecule has 148 valence electrons. The van der Waals surface area contributed by atoms with Gasteiger partial charge in [0.1, 0.15) is 22.9 Å². The van der Waals surface area contributed by atoms with Gasteiger partial charge in [-0.3, -0.25) is 9.20 Å². The molecule has 0 aliphatic carbocycles. The summed E-state index contributed by atoms with van der Waals surface area (Å²) in [6.07, 6.45) is -2.65. The van der Waals surface area contributed by atoms with Gasteiger partial charge >= 0.3 is 6.18 Å². The topological polar surface area (TPSA) is 59.5 Å². The molecule has 1 amide bonds. The lowest BCUT2D eigenvalue weighted by Gasteiger charge is -2.09. The highest BCUT2D eigenvalue weighted by Crippen LogP contribution is 2.32. The van der Waals surface area contributed by atoms with Crippen molar-refractivity contribution >= 4 is 17.4 Å². The number of rotatable bonds is 3. The van der Waals surface area contributed by atoms with Crippen LogP contribution in [0.3, 0.4) is 0 Å². The van der Waals surface area contributed by atoms with E-state index in [2.05, 4.69) is 10.3 Å². The fourth-order valence-corrected chi connectivity index (χ4v) is 2.99. The highest BCUT2D eigenvalue weighted by Gasteiger charge is 2.30. The summed E-state index contributed by atoms with van der Waals surface area (Å²) in [7, 11) is 0. The number of hydrogen-bond acceptors (Lipinski definition) is 3. The molecular formula is C21H16F3N3O2. The molecule has 1 N–H and O–H groups in total. The number of carbonyl (C=O) groups excluding carboxylic acids is 1. The summed E-state index contributed by atoms with van der Waals surface area (Å²) >= 11 is 0. The second-order valence-electron chi connectivity index (χ2n) is 6.68. The first-order valence-electron chi connectivity index (χ1n) is 8.76. The number of nitrogens with one attached hydrogen (secondary N) is 1. The Morgan fingerprint density at radius 2 is 1.76 bits per heavy atom. The van der Waals surface area contributed by atoms with Crippen LogP contribution in [0.1, 0.15) is 27.2 Å². The number of carbonyl (C=O) groups is 1. The van der Waals surface area contributed by atoms with Crippen molar-refractivity contribution in [3.05, 3.63) is 77.2 Å². The number of anilines is 1. The number of halogens is 3. The molecule has 8 heteroatoms. The van der Waals surface area contributed by atoms with Gasteiger partial charge in [-0.2, -0.15) is 13.2 Å². The smallest absolute Gasteiger partial charge is 0.416 e. The first kappa shape index (κ1) is 18.8. The van der Waals surface area contributed by atoms with E-state index in [9.17, 15) is 18.0 Å². The minimum atomic E-state index is -4.46. The van der Waals surface area contributed by atoms with Crippen LogP contribution >= 0.6 is 0 Å². The first-order chi connectivity index (χ1) is 13.7. The molecule has 4 aromatic rings. The average molecular weight is 399 g/mol. The maximum absolute atomic E-state index is 12.8. The molecule has 0 saturated carbocycles. The van der Waals surface area contributed by atoms with Gasteiger partial charge in [0.05, 0.1) is 5.56 Å². The number of aromatic nitrogens is 2. The fraction of sp³-hybridized carbons (Fsp3) is 0.143. The van der Waals surface area contributed by atoms with E-state index in [1.165, 1.54) is 0 Å². The van der Waals surface area contributed by atoms with Crippen molar-refractivity contribution in [2.45, 2.75) is 20.0 Å². The van der Waals surface area contributed by atoms with Crippen LogP contribution in [-0.2, 0) is 6.18 Å². The lowest BCUT2D eigenvalue weighted by atomic mass is 10.1. The normalized spacial score (nSPS) is 11.8. The molecule has 3 aromatic heterocycles. The molecule has 0 unspecified atom stereocenters. The Kier molecular flexibility index (Phi) is 4.41. The third-order valence-electron chi connectivity index (χ3n) is 4.45. The van der Waals surface area contributed by atoms with Crippen molar-refractivity contribution in [1.82, 2.24) is 9.38 Å². The molecule has 0 aliphatic heterocycles. The van der Waals surface area contributed by atoms with Gasteiger partial charge in [-0.15, -0.1) is 0 Å². The van der Waals surface area contributed by atoms with E-state index < -0.39 is 17.6 Å².